The molecule has 0 aromatic carbocycles. The predicted molar refractivity (Wildman–Crippen MR) is 70.9 cm³/mol. The topological polar surface area (TPSA) is 58.4 Å². The zero-order valence-electron chi connectivity index (χ0n) is 11.7. The van der Waals surface area contributed by atoms with Crippen LogP contribution in [0, 0.1) is 6.92 Å². The lowest BCUT2D eigenvalue weighted by Crippen LogP contribution is -2.48. The minimum Gasteiger partial charge on any atom is -0.342 e. The van der Waals surface area contributed by atoms with Gasteiger partial charge in [0.25, 0.3) is 5.91 Å². The highest BCUT2D eigenvalue weighted by molar-refractivity contribution is 5.92. The molecule has 1 aromatic heterocycles. The van der Waals surface area contributed by atoms with E-state index in [0.29, 0.717) is 31.9 Å². The van der Waals surface area contributed by atoms with Crippen LogP contribution in [0.15, 0.2) is 6.07 Å². The number of amides is 2. The van der Waals surface area contributed by atoms with Crippen LogP contribution in [-0.4, -0.2) is 58.1 Å². The largest absolute Gasteiger partial charge is 0.342 e. The molecule has 1 aliphatic rings. The minimum atomic E-state index is -0.0481. The highest BCUT2D eigenvalue weighted by Crippen LogP contribution is 2.13. The fraction of sp³-hybridized carbons (Fsp3) is 0.615. The van der Waals surface area contributed by atoms with Gasteiger partial charge in [-0.15, -0.1) is 0 Å². The van der Waals surface area contributed by atoms with Crippen molar-refractivity contribution in [1.29, 1.82) is 0 Å². The summed E-state index contributed by atoms with van der Waals surface area (Å²) in [5.74, 6) is -0.0481. The van der Waals surface area contributed by atoms with Crippen molar-refractivity contribution in [2.75, 3.05) is 26.2 Å². The maximum Gasteiger partial charge on any atom is 0.274 e. The third-order valence-corrected chi connectivity index (χ3v) is 3.38. The maximum absolute atomic E-state index is 12.3. The lowest BCUT2D eigenvalue weighted by Gasteiger charge is -2.32. The molecule has 0 radical (unpaired) electrons. The van der Waals surface area contributed by atoms with Gasteiger partial charge >= 0.3 is 0 Å². The van der Waals surface area contributed by atoms with Crippen molar-refractivity contribution in [3.63, 3.8) is 0 Å². The first-order valence-electron chi connectivity index (χ1n) is 6.57. The van der Waals surface area contributed by atoms with Crippen LogP contribution in [0.1, 0.15) is 36.1 Å². The standard InChI is InChI=1S/C13H20N4O2/c1-10(2)17-11(3)8-12(14-17)13(19)16-6-4-15(9-18)5-7-16/h8-10H,4-7H2,1-3H3. The number of hydrogen-bond donors (Lipinski definition) is 0. The average molecular weight is 264 g/mol. The summed E-state index contributed by atoms with van der Waals surface area (Å²) in [6.45, 7) is 8.37. The second-order valence-corrected chi connectivity index (χ2v) is 5.14. The lowest BCUT2D eigenvalue weighted by atomic mass is 10.2. The summed E-state index contributed by atoms with van der Waals surface area (Å²) >= 11 is 0. The van der Waals surface area contributed by atoms with Gasteiger partial charge in [0.15, 0.2) is 5.69 Å². The fourth-order valence-electron chi connectivity index (χ4n) is 2.31. The monoisotopic (exact) mass is 264 g/mol. The summed E-state index contributed by atoms with van der Waals surface area (Å²) in [5.41, 5.74) is 1.48. The van der Waals surface area contributed by atoms with Crippen LogP contribution in [-0.2, 0) is 4.79 Å². The van der Waals surface area contributed by atoms with Gasteiger partial charge in [-0.3, -0.25) is 14.3 Å². The first-order chi connectivity index (χ1) is 9.02. The van der Waals surface area contributed by atoms with E-state index in [1.54, 1.807) is 9.80 Å². The van der Waals surface area contributed by atoms with Crippen molar-refractivity contribution in [1.82, 2.24) is 19.6 Å². The van der Waals surface area contributed by atoms with Gasteiger partial charge in [-0.05, 0) is 26.8 Å². The highest BCUT2D eigenvalue weighted by atomic mass is 16.2. The Kier molecular flexibility index (Phi) is 3.87. The Labute approximate surface area is 113 Å². The maximum atomic E-state index is 12.3. The van der Waals surface area contributed by atoms with E-state index in [0.717, 1.165) is 12.1 Å². The molecule has 19 heavy (non-hydrogen) atoms. The number of carbonyl (C=O) groups is 2. The van der Waals surface area contributed by atoms with Crippen molar-refractivity contribution >= 4 is 12.3 Å². The number of aryl methyl sites for hydroxylation is 1. The third kappa shape index (κ3) is 2.77. The van der Waals surface area contributed by atoms with Gasteiger partial charge in [-0.1, -0.05) is 0 Å². The molecule has 0 unspecified atom stereocenters. The van der Waals surface area contributed by atoms with Gasteiger partial charge in [-0.25, -0.2) is 0 Å². The van der Waals surface area contributed by atoms with Crippen molar-refractivity contribution in [2.24, 2.45) is 0 Å². The van der Waals surface area contributed by atoms with Gasteiger partial charge in [0.1, 0.15) is 0 Å². The van der Waals surface area contributed by atoms with E-state index in [2.05, 4.69) is 5.10 Å². The van der Waals surface area contributed by atoms with Crippen LogP contribution >= 0.6 is 0 Å². The number of piperazine rings is 1. The van der Waals surface area contributed by atoms with Crippen LogP contribution in [0.3, 0.4) is 0 Å². The van der Waals surface area contributed by atoms with Crippen molar-refractivity contribution in [3.8, 4) is 0 Å². The molecule has 6 nitrogen and oxygen atoms in total. The van der Waals surface area contributed by atoms with E-state index in [9.17, 15) is 9.59 Å². The molecule has 0 N–H and O–H groups in total. The quantitative estimate of drug-likeness (QED) is 0.755. The van der Waals surface area contributed by atoms with E-state index in [1.807, 2.05) is 31.5 Å². The molecular weight excluding hydrogens is 244 g/mol. The Morgan fingerprint density at radius 1 is 1.32 bits per heavy atom. The van der Waals surface area contributed by atoms with E-state index < -0.39 is 0 Å². The van der Waals surface area contributed by atoms with E-state index >= 15 is 0 Å². The molecule has 1 saturated heterocycles. The number of nitrogens with zero attached hydrogens (tertiary/aromatic N) is 4. The Morgan fingerprint density at radius 2 is 1.95 bits per heavy atom. The van der Waals surface area contributed by atoms with E-state index in [4.69, 9.17) is 0 Å². The number of rotatable bonds is 3. The number of hydrogen-bond acceptors (Lipinski definition) is 3. The van der Waals surface area contributed by atoms with Gasteiger partial charge in [0.2, 0.25) is 6.41 Å². The van der Waals surface area contributed by atoms with Gasteiger partial charge in [-0.2, -0.15) is 5.10 Å². The normalized spacial score (nSPS) is 16.0. The molecule has 0 aliphatic carbocycles. The summed E-state index contributed by atoms with van der Waals surface area (Å²) in [7, 11) is 0. The number of aromatic nitrogens is 2. The van der Waals surface area contributed by atoms with Gasteiger partial charge < -0.3 is 9.80 Å². The van der Waals surface area contributed by atoms with Crippen LogP contribution in [0.4, 0.5) is 0 Å². The molecular formula is C13H20N4O2. The SMILES string of the molecule is Cc1cc(C(=O)N2CCN(C=O)CC2)nn1C(C)C. The molecule has 2 heterocycles. The fourth-order valence-corrected chi connectivity index (χ4v) is 2.31. The molecule has 104 valence electrons. The summed E-state index contributed by atoms with van der Waals surface area (Å²) in [6.07, 6.45) is 0.833. The van der Waals surface area contributed by atoms with E-state index in [1.165, 1.54) is 0 Å². The summed E-state index contributed by atoms with van der Waals surface area (Å²) in [6, 6.07) is 2.07. The van der Waals surface area contributed by atoms with Crippen molar-refractivity contribution in [3.05, 3.63) is 17.5 Å². The van der Waals surface area contributed by atoms with Crippen LogP contribution in [0.25, 0.3) is 0 Å². The minimum absolute atomic E-state index is 0.0481. The number of carbonyl (C=O) groups excluding carboxylic acids is 2. The summed E-state index contributed by atoms with van der Waals surface area (Å²) in [5, 5.41) is 4.37. The van der Waals surface area contributed by atoms with Crippen LogP contribution < -0.4 is 0 Å². The zero-order chi connectivity index (χ0) is 14.0. The van der Waals surface area contributed by atoms with Gasteiger partial charge in [0, 0.05) is 37.9 Å². The average Bonchev–Trinajstić information content (AvgIpc) is 2.80. The lowest BCUT2D eigenvalue weighted by molar-refractivity contribution is -0.119. The van der Waals surface area contributed by atoms with Crippen molar-refractivity contribution < 1.29 is 9.59 Å². The molecule has 2 amide bonds. The molecule has 2 rings (SSSR count). The third-order valence-electron chi connectivity index (χ3n) is 3.38. The van der Waals surface area contributed by atoms with Crippen LogP contribution in [0.2, 0.25) is 0 Å². The highest BCUT2D eigenvalue weighted by Gasteiger charge is 2.23. The molecule has 1 aromatic rings. The van der Waals surface area contributed by atoms with Crippen LogP contribution in [0.5, 0.6) is 0 Å². The summed E-state index contributed by atoms with van der Waals surface area (Å²) < 4.78 is 1.86. The smallest absolute Gasteiger partial charge is 0.274 e. The van der Waals surface area contributed by atoms with E-state index in [-0.39, 0.29) is 11.9 Å². The zero-order valence-corrected chi connectivity index (χ0v) is 11.7. The Bertz CT molecular complexity index is 473. The second-order valence-electron chi connectivity index (χ2n) is 5.14. The molecule has 0 bridgehead atoms. The predicted octanol–water partition coefficient (Wildman–Crippen LogP) is 0.687. The summed E-state index contributed by atoms with van der Waals surface area (Å²) in [4.78, 5) is 26.4. The molecule has 6 heteroatoms. The second kappa shape index (κ2) is 5.42. The molecule has 0 saturated carbocycles. The Hall–Kier alpha value is -1.85. The molecule has 0 spiro atoms. The first-order valence-corrected chi connectivity index (χ1v) is 6.57. The molecule has 1 fully saturated rings. The first kappa shape index (κ1) is 13.6. The van der Waals surface area contributed by atoms with Crippen molar-refractivity contribution in [2.45, 2.75) is 26.8 Å². The molecule has 0 atom stereocenters. The Balaban J connectivity index is 2.08. The van der Waals surface area contributed by atoms with Gasteiger partial charge in [0.05, 0.1) is 0 Å². The Morgan fingerprint density at radius 3 is 2.42 bits per heavy atom. The molecule has 1 aliphatic heterocycles.